The normalized spacial score (nSPS) is 16.8. The highest BCUT2D eigenvalue weighted by molar-refractivity contribution is 5.85. The summed E-state index contributed by atoms with van der Waals surface area (Å²) in [6.45, 7) is 5.44. The molecule has 0 aromatic heterocycles. The average Bonchev–Trinajstić information content (AvgIpc) is 2.45. The van der Waals surface area contributed by atoms with E-state index in [0.29, 0.717) is 5.69 Å². The second-order valence-corrected chi connectivity index (χ2v) is 6.51. The highest BCUT2D eigenvalue weighted by Crippen LogP contribution is 2.31. The number of fused-ring (bicyclic) bond motifs is 1. The fourth-order valence-corrected chi connectivity index (χ4v) is 2.36. The molecule has 0 bridgehead atoms. The summed E-state index contributed by atoms with van der Waals surface area (Å²) in [6, 6.07) is 5.42. The summed E-state index contributed by atoms with van der Waals surface area (Å²) in [5.41, 5.74) is 1.12. The fraction of sp³-hybridized carbons (Fsp3) is 0.529. The van der Waals surface area contributed by atoms with Gasteiger partial charge in [-0.1, -0.05) is 0 Å². The second-order valence-electron chi connectivity index (χ2n) is 6.51. The van der Waals surface area contributed by atoms with Crippen LogP contribution in [-0.2, 0) is 20.7 Å². The molecule has 1 aromatic carbocycles. The van der Waals surface area contributed by atoms with Gasteiger partial charge in [0.15, 0.2) is 0 Å². The van der Waals surface area contributed by atoms with Crippen molar-refractivity contribution in [3.05, 3.63) is 23.8 Å². The smallest absolute Gasteiger partial charge is 0.412 e. The van der Waals surface area contributed by atoms with E-state index >= 15 is 0 Å². The lowest BCUT2D eigenvalue weighted by Gasteiger charge is -2.26. The van der Waals surface area contributed by atoms with Gasteiger partial charge in [-0.3, -0.25) is 10.1 Å². The van der Waals surface area contributed by atoms with Gasteiger partial charge in [-0.25, -0.2) is 4.79 Å². The van der Waals surface area contributed by atoms with Crippen molar-refractivity contribution < 1.29 is 23.8 Å². The first-order valence-corrected chi connectivity index (χ1v) is 7.63. The van der Waals surface area contributed by atoms with E-state index in [1.807, 2.05) is 26.8 Å². The number of nitrogens with one attached hydrogen (secondary N) is 1. The van der Waals surface area contributed by atoms with Gasteiger partial charge in [0.25, 0.3) is 0 Å². The van der Waals surface area contributed by atoms with Crippen LogP contribution in [0, 0.1) is 0 Å². The van der Waals surface area contributed by atoms with Gasteiger partial charge in [-0.15, -0.1) is 0 Å². The van der Waals surface area contributed by atoms with Gasteiger partial charge in [0.1, 0.15) is 17.5 Å². The molecule has 1 heterocycles. The Kier molecular flexibility index (Phi) is 5.13. The molecule has 1 unspecified atom stereocenters. The van der Waals surface area contributed by atoms with E-state index in [1.165, 1.54) is 7.11 Å². The Labute approximate surface area is 136 Å². The number of ether oxygens (including phenoxy) is 3. The molecule has 6 heteroatoms. The van der Waals surface area contributed by atoms with Crippen LogP contribution in [0.2, 0.25) is 0 Å². The minimum atomic E-state index is -0.539. The van der Waals surface area contributed by atoms with Gasteiger partial charge >= 0.3 is 12.1 Å². The molecule has 1 atom stereocenters. The first-order chi connectivity index (χ1) is 10.8. The number of anilines is 1. The van der Waals surface area contributed by atoms with Gasteiger partial charge in [0, 0.05) is 5.69 Å². The van der Waals surface area contributed by atoms with E-state index in [4.69, 9.17) is 9.47 Å². The summed E-state index contributed by atoms with van der Waals surface area (Å²) in [6.07, 6.45) is 1.10. The molecule has 1 aliphatic rings. The van der Waals surface area contributed by atoms with Crippen molar-refractivity contribution in [1.82, 2.24) is 0 Å². The van der Waals surface area contributed by atoms with Crippen LogP contribution in [0.3, 0.4) is 0 Å². The van der Waals surface area contributed by atoms with E-state index in [0.717, 1.165) is 24.2 Å². The molecule has 0 aliphatic carbocycles. The van der Waals surface area contributed by atoms with Crippen molar-refractivity contribution in [1.29, 1.82) is 0 Å². The van der Waals surface area contributed by atoms with Crippen molar-refractivity contribution in [3.63, 3.8) is 0 Å². The third kappa shape index (κ3) is 5.16. The fourth-order valence-electron chi connectivity index (χ4n) is 2.36. The average molecular weight is 321 g/mol. The number of esters is 1. The summed E-state index contributed by atoms with van der Waals surface area (Å²) < 4.78 is 15.7. The maximum absolute atomic E-state index is 11.8. The predicted molar refractivity (Wildman–Crippen MR) is 85.7 cm³/mol. The van der Waals surface area contributed by atoms with Crippen molar-refractivity contribution >= 4 is 17.7 Å². The number of methoxy groups -OCH3 is 1. The van der Waals surface area contributed by atoms with E-state index in [9.17, 15) is 9.59 Å². The van der Waals surface area contributed by atoms with Crippen molar-refractivity contribution in [2.45, 2.75) is 51.7 Å². The third-order valence-electron chi connectivity index (χ3n) is 3.36. The molecular formula is C17H23NO5. The number of amides is 1. The minimum absolute atomic E-state index is 0.167. The number of hydrogen-bond acceptors (Lipinski definition) is 5. The first-order valence-electron chi connectivity index (χ1n) is 7.63. The molecule has 1 aliphatic heterocycles. The topological polar surface area (TPSA) is 73.9 Å². The zero-order valence-corrected chi connectivity index (χ0v) is 14.0. The van der Waals surface area contributed by atoms with E-state index in [-0.39, 0.29) is 18.5 Å². The van der Waals surface area contributed by atoms with Crippen LogP contribution < -0.4 is 10.1 Å². The summed E-state index contributed by atoms with van der Waals surface area (Å²) in [5, 5.41) is 2.71. The number of rotatable bonds is 3. The van der Waals surface area contributed by atoms with Crippen molar-refractivity contribution in [3.8, 4) is 5.75 Å². The standard InChI is InChI=1S/C17H23NO5/c1-17(2,3)23-16(20)18-12-6-8-14-11(9-12)5-7-13(22-14)10-15(19)21-4/h6,8-9,13H,5,7,10H2,1-4H3,(H,18,20). The highest BCUT2D eigenvalue weighted by Gasteiger charge is 2.23. The molecule has 0 saturated heterocycles. The van der Waals surface area contributed by atoms with E-state index in [1.54, 1.807) is 12.1 Å². The Morgan fingerprint density at radius 3 is 2.74 bits per heavy atom. The molecule has 126 valence electrons. The van der Waals surface area contributed by atoms with Crippen LogP contribution in [0.5, 0.6) is 5.75 Å². The number of hydrogen-bond donors (Lipinski definition) is 1. The molecule has 2 rings (SSSR count). The lowest BCUT2D eigenvalue weighted by molar-refractivity contribution is -0.142. The van der Waals surface area contributed by atoms with Gasteiger partial charge in [0.2, 0.25) is 0 Å². The monoisotopic (exact) mass is 321 g/mol. The molecule has 0 saturated carbocycles. The Morgan fingerprint density at radius 1 is 1.35 bits per heavy atom. The number of carbonyl (C=O) groups excluding carboxylic acids is 2. The van der Waals surface area contributed by atoms with Crippen LogP contribution in [0.4, 0.5) is 10.5 Å². The van der Waals surface area contributed by atoms with Crippen LogP contribution in [0.15, 0.2) is 18.2 Å². The van der Waals surface area contributed by atoms with Gasteiger partial charge in [-0.2, -0.15) is 0 Å². The summed E-state index contributed by atoms with van der Waals surface area (Å²) in [5.74, 6) is 0.460. The van der Waals surface area contributed by atoms with E-state index in [2.05, 4.69) is 10.1 Å². The molecule has 1 N–H and O–H groups in total. The predicted octanol–water partition coefficient (Wildman–Crippen LogP) is 3.29. The Balaban J connectivity index is 1.99. The van der Waals surface area contributed by atoms with Crippen molar-refractivity contribution in [2.24, 2.45) is 0 Å². The highest BCUT2D eigenvalue weighted by atomic mass is 16.6. The summed E-state index contributed by atoms with van der Waals surface area (Å²) in [4.78, 5) is 23.1. The number of aryl methyl sites for hydroxylation is 1. The van der Waals surface area contributed by atoms with Crippen molar-refractivity contribution in [2.75, 3.05) is 12.4 Å². The second kappa shape index (κ2) is 6.89. The Morgan fingerprint density at radius 2 is 2.09 bits per heavy atom. The third-order valence-corrected chi connectivity index (χ3v) is 3.36. The molecule has 0 spiro atoms. The van der Waals surface area contributed by atoms with Crippen LogP contribution in [0.1, 0.15) is 39.2 Å². The number of benzene rings is 1. The number of carbonyl (C=O) groups is 2. The van der Waals surface area contributed by atoms with E-state index < -0.39 is 11.7 Å². The molecule has 1 amide bonds. The first kappa shape index (κ1) is 17.1. The SMILES string of the molecule is COC(=O)CC1CCc2cc(NC(=O)OC(C)(C)C)ccc2O1. The lowest BCUT2D eigenvalue weighted by Crippen LogP contribution is -2.28. The maximum Gasteiger partial charge on any atom is 0.412 e. The van der Waals surface area contributed by atoms with Crippen LogP contribution in [-0.4, -0.2) is 30.9 Å². The quantitative estimate of drug-likeness (QED) is 0.865. The summed E-state index contributed by atoms with van der Waals surface area (Å²) in [7, 11) is 1.37. The summed E-state index contributed by atoms with van der Waals surface area (Å²) >= 11 is 0. The Hall–Kier alpha value is -2.24. The van der Waals surface area contributed by atoms with Gasteiger partial charge in [-0.05, 0) is 57.4 Å². The zero-order chi connectivity index (χ0) is 17.0. The molecule has 6 nitrogen and oxygen atoms in total. The molecule has 1 aromatic rings. The largest absolute Gasteiger partial charge is 0.490 e. The molecule has 0 radical (unpaired) electrons. The molecule has 23 heavy (non-hydrogen) atoms. The lowest BCUT2D eigenvalue weighted by atomic mass is 10.00. The molecular weight excluding hydrogens is 298 g/mol. The zero-order valence-electron chi connectivity index (χ0n) is 14.0. The maximum atomic E-state index is 11.8. The minimum Gasteiger partial charge on any atom is -0.490 e. The Bertz CT molecular complexity index is 591. The van der Waals surface area contributed by atoms with Crippen LogP contribution in [0.25, 0.3) is 0 Å². The van der Waals surface area contributed by atoms with Crippen LogP contribution >= 0.6 is 0 Å². The van der Waals surface area contributed by atoms with Gasteiger partial charge in [0.05, 0.1) is 13.5 Å². The molecule has 0 fully saturated rings. The van der Waals surface area contributed by atoms with Gasteiger partial charge < -0.3 is 14.2 Å².